The van der Waals surface area contributed by atoms with E-state index in [1.165, 1.54) is 12.3 Å². The Labute approximate surface area is 147 Å². The van der Waals surface area contributed by atoms with Crippen molar-refractivity contribution in [3.63, 3.8) is 0 Å². The van der Waals surface area contributed by atoms with Gasteiger partial charge in [0.05, 0.1) is 11.0 Å². The largest absolute Gasteiger partial charge is 0.488 e. The molecule has 8 nitrogen and oxygen atoms in total. The number of nitro groups is 1. The zero-order valence-corrected chi connectivity index (χ0v) is 13.6. The molecule has 0 bridgehead atoms. The number of aliphatic hydroxyl groups is 1. The monoisotopic (exact) mass is 361 g/mol. The molecule has 2 aliphatic rings. The molecular weight excluding hydrogens is 345 g/mol. The SMILES string of the molecule is Nc1c([N+](=O)[O-])cc(-c2cnc3c(c2)OCC3O)c(F)c1C1CCCO1. The van der Waals surface area contributed by atoms with Crippen molar-refractivity contribution in [1.29, 1.82) is 0 Å². The van der Waals surface area contributed by atoms with Crippen molar-refractivity contribution in [2.45, 2.75) is 25.0 Å². The van der Waals surface area contributed by atoms with Gasteiger partial charge >= 0.3 is 0 Å². The van der Waals surface area contributed by atoms with Crippen LogP contribution in [0, 0.1) is 15.9 Å². The van der Waals surface area contributed by atoms with E-state index >= 15 is 4.39 Å². The molecule has 1 aromatic heterocycles. The maximum absolute atomic E-state index is 15.2. The molecule has 3 N–H and O–H groups in total. The molecule has 3 heterocycles. The van der Waals surface area contributed by atoms with Gasteiger partial charge in [-0.1, -0.05) is 0 Å². The highest BCUT2D eigenvalue weighted by Gasteiger charge is 2.32. The van der Waals surface area contributed by atoms with E-state index in [2.05, 4.69) is 4.98 Å². The standard InChI is InChI=1S/C17H16FN3O5/c18-15-9(8-4-13-17(20-6-8)11(22)7-26-13)5-10(21(23)24)16(19)14(15)12-2-1-3-25-12/h4-6,11-12,22H,1-3,7,19H2. The van der Waals surface area contributed by atoms with Gasteiger partial charge in [0.25, 0.3) is 5.69 Å². The number of nitrogens with two attached hydrogens (primary N) is 1. The van der Waals surface area contributed by atoms with Crippen molar-refractivity contribution in [3.8, 4) is 16.9 Å². The molecule has 2 aromatic rings. The number of hydrogen-bond acceptors (Lipinski definition) is 7. The molecule has 1 fully saturated rings. The Balaban J connectivity index is 1.89. The summed E-state index contributed by atoms with van der Waals surface area (Å²) in [6, 6.07) is 2.61. The van der Waals surface area contributed by atoms with Crippen LogP contribution >= 0.6 is 0 Å². The summed E-state index contributed by atoms with van der Waals surface area (Å²) in [5, 5.41) is 21.2. The number of ether oxygens (including phenoxy) is 2. The number of fused-ring (bicyclic) bond motifs is 1. The fraction of sp³-hybridized carbons (Fsp3) is 0.353. The lowest BCUT2D eigenvalue weighted by Gasteiger charge is -2.17. The van der Waals surface area contributed by atoms with Gasteiger partial charge in [-0.25, -0.2) is 4.39 Å². The lowest BCUT2D eigenvalue weighted by Crippen LogP contribution is -2.09. The number of hydrogen-bond donors (Lipinski definition) is 2. The zero-order valence-electron chi connectivity index (χ0n) is 13.6. The minimum absolute atomic E-state index is 0.00307. The number of nitrogen functional groups attached to an aromatic ring is 1. The molecule has 0 radical (unpaired) electrons. The van der Waals surface area contributed by atoms with Gasteiger partial charge in [-0.2, -0.15) is 0 Å². The Morgan fingerprint density at radius 2 is 2.23 bits per heavy atom. The number of aliphatic hydroxyl groups excluding tert-OH is 1. The Bertz CT molecular complexity index is 898. The molecule has 2 aliphatic heterocycles. The first-order valence-electron chi connectivity index (χ1n) is 8.16. The van der Waals surface area contributed by atoms with Crippen LogP contribution in [0.25, 0.3) is 11.1 Å². The number of halogens is 1. The molecule has 2 unspecified atom stereocenters. The Morgan fingerprint density at radius 3 is 2.92 bits per heavy atom. The van der Waals surface area contributed by atoms with E-state index in [4.69, 9.17) is 15.2 Å². The highest BCUT2D eigenvalue weighted by Crippen LogP contribution is 2.43. The van der Waals surface area contributed by atoms with Crippen molar-refractivity contribution >= 4 is 11.4 Å². The van der Waals surface area contributed by atoms with E-state index in [0.717, 1.165) is 12.5 Å². The lowest BCUT2D eigenvalue weighted by atomic mass is 9.96. The number of rotatable bonds is 3. The number of nitrogens with zero attached hydrogens (tertiary/aromatic N) is 2. The number of anilines is 1. The second kappa shape index (κ2) is 6.19. The van der Waals surface area contributed by atoms with Crippen molar-refractivity contribution < 1.29 is 23.9 Å². The van der Waals surface area contributed by atoms with Gasteiger partial charge in [-0.3, -0.25) is 15.1 Å². The minimum Gasteiger partial charge on any atom is -0.488 e. The summed E-state index contributed by atoms with van der Waals surface area (Å²) in [7, 11) is 0. The average molecular weight is 361 g/mol. The summed E-state index contributed by atoms with van der Waals surface area (Å²) in [5.41, 5.74) is 5.95. The molecule has 26 heavy (non-hydrogen) atoms. The topological polar surface area (TPSA) is 121 Å². The first-order valence-corrected chi connectivity index (χ1v) is 8.16. The Morgan fingerprint density at radius 1 is 1.42 bits per heavy atom. The smallest absolute Gasteiger partial charge is 0.293 e. The summed E-state index contributed by atoms with van der Waals surface area (Å²) >= 11 is 0. The van der Waals surface area contributed by atoms with Gasteiger partial charge < -0.3 is 20.3 Å². The van der Waals surface area contributed by atoms with Gasteiger partial charge in [0, 0.05) is 35.6 Å². The van der Waals surface area contributed by atoms with Crippen LogP contribution in [-0.4, -0.2) is 28.2 Å². The van der Waals surface area contributed by atoms with Gasteiger partial charge in [0.2, 0.25) is 0 Å². The van der Waals surface area contributed by atoms with E-state index in [9.17, 15) is 15.2 Å². The number of aromatic nitrogens is 1. The third-order valence-electron chi connectivity index (χ3n) is 4.67. The molecule has 2 atom stereocenters. The first kappa shape index (κ1) is 16.7. The van der Waals surface area contributed by atoms with E-state index in [1.54, 1.807) is 0 Å². The second-order valence-electron chi connectivity index (χ2n) is 6.28. The maximum Gasteiger partial charge on any atom is 0.293 e. The Hall–Kier alpha value is -2.78. The Kier molecular flexibility index (Phi) is 3.97. The third-order valence-corrected chi connectivity index (χ3v) is 4.67. The molecule has 1 saturated heterocycles. The zero-order chi connectivity index (χ0) is 18.4. The normalized spacial score (nSPS) is 21.5. The number of benzene rings is 1. The summed E-state index contributed by atoms with van der Waals surface area (Å²) in [5.74, 6) is -0.340. The molecule has 4 rings (SSSR count). The second-order valence-corrected chi connectivity index (χ2v) is 6.28. The predicted molar refractivity (Wildman–Crippen MR) is 89.1 cm³/mol. The lowest BCUT2D eigenvalue weighted by molar-refractivity contribution is -0.384. The summed E-state index contributed by atoms with van der Waals surface area (Å²) in [6.45, 7) is 0.519. The van der Waals surface area contributed by atoms with Gasteiger partial charge in [-0.05, 0) is 18.9 Å². The van der Waals surface area contributed by atoms with E-state index < -0.39 is 22.9 Å². The summed E-state index contributed by atoms with van der Waals surface area (Å²) in [4.78, 5) is 14.9. The molecule has 136 valence electrons. The van der Waals surface area contributed by atoms with E-state index in [1.807, 2.05) is 0 Å². The van der Waals surface area contributed by atoms with Crippen molar-refractivity contribution in [2.75, 3.05) is 18.9 Å². The molecule has 1 aromatic carbocycles. The molecule has 0 aliphatic carbocycles. The first-order chi connectivity index (χ1) is 12.5. The number of pyridine rings is 1. The van der Waals surface area contributed by atoms with Gasteiger partial charge in [0.1, 0.15) is 35.7 Å². The average Bonchev–Trinajstić information content (AvgIpc) is 3.25. The van der Waals surface area contributed by atoms with E-state index in [-0.39, 0.29) is 29.1 Å². The van der Waals surface area contributed by atoms with Crippen LogP contribution in [0.1, 0.15) is 36.3 Å². The van der Waals surface area contributed by atoms with Gasteiger partial charge in [0.15, 0.2) is 0 Å². The molecule has 0 spiro atoms. The molecule has 0 saturated carbocycles. The van der Waals surface area contributed by atoms with Gasteiger partial charge in [-0.15, -0.1) is 0 Å². The molecule has 0 amide bonds. The van der Waals surface area contributed by atoms with Crippen molar-refractivity contribution in [2.24, 2.45) is 0 Å². The molecular formula is C17H16FN3O5. The minimum atomic E-state index is -0.841. The molecule has 9 heteroatoms. The summed E-state index contributed by atoms with van der Waals surface area (Å²) in [6.07, 6.45) is 1.17. The van der Waals surface area contributed by atoms with E-state index in [0.29, 0.717) is 30.0 Å². The van der Waals surface area contributed by atoms with Crippen LogP contribution in [-0.2, 0) is 4.74 Å². The fourth-order valence-corrected chi connectivity index (χ4v) is 3.38. The van der Waals surface area contributed by atoms with Crippen molar-refractivity contribution in [1.82, 2.24) is 4.98 Å². The quantitative estimate of drug-likeness (QED) is 0.490. The number of nitro benzene ring substituents is 1. The highest BCUT2D eigenvalue weighted by molar-refractivity contribution is 5.77. The van der Waals surface area contributed by atoms with Crippen molar-refractivity contribution in [3.05, 3.63) is 45.5 Å². The van der Waals surface area contributed by atoms with Crippen LogP contribution in [0.4, 0.5) is 15.8 Å². The predicted octanol–water partition coefficient (Wildman–Crippen LogP) is 2.66. The van der Waals surface area contributed by atoms with Crippen LogP contribution in [0.2, 0.25) is 0 Å². The van der Waals surface area contributed by atoms with Crippen LogP contribution in [0.15, 0.2) is 18.3 Å². The fourth-order valence-electron chi connectivity index (χ4n) is 3.38. The van der Waals surface area contributed by atoms with Crippen LogP contribution in [0.5, 0.6) is 5.75 Å². The summed E-state index contributed by atoms with van der Waals surface area (Å²) < 4.78 is 26.1. The highest BCUT2D eigenvalue weighted by atomic mass is 19.1. The maximum atomic E-state index is 15.2. The van der Waals surface area contributed by atoms with Crippen LogP contribution < -0.4 is 10.5 Å². The van der Waals surface area contributed by atoms with Crippen LogP contribution in [0.3, 0.4) is 0 Å². The third kappa shape index (κ3) is 2.56.